The summed E-state index contributed by atoms with van der Waals surface area (Å²) in [4.78, 5) is 18.2. The summed E-state index contributed by atoms with van der Waals surface area (Å²) in [6.07, 6.45) is -0.00762. The Bertz CT molecular complexity index is 908. The van der Waals surface area contributed by atoms with Crippen LogP contribution < -0.4 is 0 Å². The SMILES string of the molecule is Cc1ccc(-c2c(CC(=O)O)c(C)nc3sc(C)c(C)c23)cc1. The zero-order chi connectivity index (χ0) is 16.7. The number of fused-ring (bicyclic) bond motifs is 1. The van der Waals surface area contributed by atoms with E-state index in [1.165, 1.54) is 16.0 Å². The number of hydrogen-bond donors (Lipinski definition) is 1. The summed E-state index contributed by atoms with van der Waals surface area (Å²) < 4.78 is 0. The molecule has 2 heterocycles. The Morgan fingerprint density at radius 1 is 1.13 bits per heavy atom. The lowest BCUT2D eigenvalue weighted by Gasteiger charge is -2.14. The van der Waals surface area contributed by atoms with E-state index in [0.717, 1.165) is 32.6 Å². The average molecular weight is 325 g/mol. The summed E-state index contributed by atoms with van der Waals surface area (Å²) in [7, 11) is 0. The Morgan fingerprint density at radius 2 is 1.78 bits per heavy atom. The first-order valence-electron chi connectivity index (χ1n) is 7.56. The first-order valence-corrected chi connectivity index (χ1v) is 8.38. The third kappa shape index (κ3) is 2.75. The van der Waals surface area contributed by atoms with Crippen molar-refractivity contribution in [2.24, 2.45) is 0 Å². The Kier molecular flexibility index (Phi) is 3.94. The van der Waals surface area contributed by atoms with Crippen molar-refractivity contribution in [3.8, 4) is 11.1 Å². The molecule has 0 spiro atoms. The van der Waals surface area contributed by atoms with Crippen molar-refractivity contribution in [3.63, 3.8) is 0 Å². The number of carboxylic acids is 1. The van der Waals surface area contributed by atoms with Crippen LogP contribution in [0.4, 0.5) is 0 Å². The molecule has 23 heavy (non-hydrogen) atoms. The van der Waals surface area contributed by atoms with Crippen LogP contribution in [0.2, 0.25) is 0 Å². The van der Waals surface area contributed by atoms with Gasteiger partial charge in [0, 0.05) is 16.0 Å². The molecular weight excluding hydrogens is 306 g/mol. The second-order valence-corrected chi connectivity index (χ2v) is 7.15. The van der Waals surface area contributed by atoms with Crippen LogP contribution in [0.5, 0.6) is 0 Å². The van der Waals surface area contributed by atoms with E-state index in [1.807, 2.05) is 6.92 Å². The van der Waals surface area contributed by atoms with E-state index in [2.05, 4.69) is 50.0 Å². The first-order chi connectivity index (χ1) is 10.9. The molecule has 4 heteroatoms. The second-order valence-electron chi connectivity index (χ2n) is 5.95. The highest BCUT2D eigenvalue weighted by molar-refractivity contribution is 7.18. The van der Waals surface area contributed by atoms with E-state index in [1.54, 1.807) is 11.3 Å². The smallest absolute Gasteiger partial charge is 0.307 e. The largest absolute Gasteiger partial charge is 0.481 e. The van der Waals surface area contributed by atoms with Gasteiger partial charge < -0.3 is 5.11 Å². The maximum atomic E-state index is 11.4. The lowest BCUT2D eigenvalue weighted by Crippen LogP contribution is -2.06. The number of thiophene rings is 1. The molecule has 0 aliphatic heterocycles. The highest BCUT2D eigenvalue weighted by atomic mass is 32.1. The van der Waals surface area contributed by atoms with E-state index in [4.69, 9.17) is 0 Å². The van der Waals surface area contributed by atoms with Gasteiger partial charge in [-0.3, -0.25) is 4.79 Å². The molecule has 0 aliphatic rings. The third-order valence-electron chi connectivity index (χ3n) is 4.29. The zero-order valence-corrected chi connectivity index (χ0v) is 14.5. The van der Waals surface area contributed by atoms with Crippen LogP contribution >= 0.6 is 11.3 Å². The molecule has 0 unspecified atom stereocenters. The van der Waals surface area contributed by atoms with Crippen molar-refractivity contribution >= 4 is 27.5 Å². The molecule has 2 aromatic heterocycles. The summed E-state index contributed by atoms with van der Waals surface area (Å²) >= 11 is 1.67. The van der Waals surface area contributed by atoms with Crippen LogP contribution in [0.25, 0.3) is 21.3 Å². The van der Waals surface area contributed by atoms with E-state index in [0.29, 0.717) is 0 Å². The molecule has 0 saturated carbocycles. The van der Waals surface area contributed by atoms with Gasteiger partial charge in [0.25, 0.3) is 0 Å². The standard InChI is InChI=1S/C19H19NO2S/c1-10-5-7-14(8-6-10)18-15(9-16(21)22)12(3)20-19-17(18)11(2)13(4)23-19/h5-8H,9H2,1-4H3,(H,21,22). The molecule has 0 fully saturated rings. The van der Waals surface area contributed by atoms with Crippen LogP contribution in [-0.2, 0) is 11.2 Å². The van der Waals surface area contributed by atoms with Crippen molar-refractivity contribution in [2.45, 2.75) is 34.1 Å². The highest BCUT2D eigenvalue weighted by Crippen LogP contribution is 2.40. The maximum absolute atomic E-state index is 11.4. The van der Waals surface area contributed by atoms with Gasteiger partial charge in [0.15, 0.2) is 0 Å². The van der Waals surface area contributed by atoms with Gasteiger partial charge in [-0.05, 0) is 49.9 Å². The van der Waals surface area contributed by atoms with E-state index >= 15 is 0 Å². The molecule has 3 rings (SSSR count). The summed E-state index contributed by atoms with van der Waals surface area (Å²) in [5.74, 6) is -0.827. The van der Waals surface area contributed by atoms with Crippen molar-refractivity contribution in [1.82, 2.24) is 4.98 Å². The first kappa shape index (κ1) is 15.7. The molecule has 0 radical (unpaired) electrons. The highest BCUT2D eigenvalue weighted by Gasteiger charge is 2.20. The van der Waals surface area contributed by atoms with Gasteiger partial charge in [0.05, 0.1) is 6.42 Å². The minimum Gasteiger partial charge on any atom is -0.481 e. The number of aliphatic carboxylic acids is 1. The molecule has 1 N–H and O–H groups in total. The number of benzene rings is 1. The number of aryl methyl sites for hydroxylation is 4. The number of nitrogens with zero attached hydrogens (tertiary/aromatic N) is 1. The normalized spacial score (nSPS) is 11.1. The fraction of sp³-hybridized carbons (Fsp3) is 0.263. The van der Waals surface area contributed by atoms with Gasteiger partial charge in [0.1, 0.15) is 4.83 Å². The predicted octanol–water partition coefficient (Wildman–Crippen LogP) is 4.82. The average Bonchev–Trinajstić information content (AvgIpc) is 2.76. The number of rotatable bonds is 3. The molecule has 0 bridgehead atoms. The molecular formula is C19H19NO2S. The van der Waals surface area contributed by atoms with Crippen LogP contribution in [0, 0.1) is 27.7 Å². The second kappa shape index (κ2) is 5.78. The van der Waals surface area contributed by atoms with Gasteiger partial charge in [-0.1, -0.05) is 29.8 Å². The van der Waals surface area contributed by atoms with E-state index < -0.39 is 5.97 Å². The summed E-state index contributed by atoms with van der Waals surface area (Å²) in [5.41, 5.74) is 6.08. The Balaban J connectivity index is 2.42. The van der Waals surface area contributed by atoms with E-state index in [-0.39, 0.29) is 6.42 Å². The Hall–Kier alpha value is -2.20. The minimum absolute atomic E-state index is 0.00762. The van der Waals surface area contributed by atoms with Crippen molar-refractivity contribution in [3.05, 3.63) is 51.5 Å². The Morgan fingerprint density at radius 3 is 2.39 bits per heavy atom. The van der Waals surface area contributed by atoms with Crippen molar-refractivity contribution in [2.75, 3.05) is 0 Å². The topological polar surface area (TPSA) is 50.2 Å². The summed E-state index contributed by atoms with van der Waals surface area (Å²) in [6, 6.07) is 8.27. The molecule has 3 nitrogen and oxygen atoms in total. The van der Waals surface area contributed by atoms with Crippen molar-refractivity contribution in [1.29, 1.82) is 0 Å². The summed E-state index contributed by atoms with van der Waals surface area (Å²) in [6.45, 7) is 8.13. The van der Waals surface area contributed by atoms with Gasteiger partial charge in [-0.2, -0.15) is 0 Å². The molecule has 0 saturated heterocycles. The van der Waals surface area contributed by atoms with Crippen LogP contribution in [-0.4, -0.2) is 16.1 Å². The Labute approximate surface area is 139 Å². The van der Waals surface area contributed by atoms with E-state index in [9.17, 15) is 9.90 Å². The number of pyridine rings is 1. The van der Waals surface area contributed by atoms with Gasteiger partial charge in [0.2, 0.25) is 0 Å². The third-order valence-corrected chi connectivity index (χ3v) is 5.39. The summed E-state index contributed by atoms with van der Waals surface area (Å²) in [5, 5.41) is 10.4. The molecule has 118 valence electrons. The number of carbonyl (C=O) groups is 1. The lowest BCUT2D eigenvalue weighted by molar-refractivity contribution is -0.136. The van der Waals surface area contributed by atoms with Gasteiger partial charge in [-0.25, -0.2) is 4.98 Å². The molecule has 0 atom stereocenters. The maximum Gasteiger partial charge on any atom is 0.307 e. The molecule has 0 amide bonds. The van der Waals surface area contributed by atoms with Gasteiger partial charge >= 0.3 is 5.97 Å². The fourth-order valence-electron chi connectivity index (χ4n) is 2.94. The fourth-order valence-corrected chi connectivity index (χ4v) is 4.03. The number of aromatic nitrogens is 1. The number of carboxylic acid groups (broad SMARTS) is 1. The minimum atomic E-state index is -0.827. The van der Waals surface area contributed by atoms with Crippen molar-refractivity contribution < 1.29 is 9.90 Å². The molecule has 3 aromatic rings. The lowest BCUT2D eigenvalue weighted by atomic mass is 9.92. The quantitative estimate of drug-likeness (QED) is 0.751. The van der Waals surface area contributed by atoms with Gasteiger partial charge in [-0.15, -0.1) is 11.3 Å². The van der Waals surface area contributed by atoms with Crippen LogP contribution in [0.1, 0.15) is 27.3 Å². The van der Waals surface area contributed by atoms with Crippen LogP contribution in [0.3, 0.4) is 0 Å². The van der Waals surface area contributed by atoms with Crippen LogP contribution in [0.15, 0.2) is 24.3 Å². The number of hydrogen-bond acceptors (Lipinski definition) is 3. The predicted molar refractivity (Wildman–Crippen MR) is 95.3 cm³/mol. The monoisotopic (exact) mass is 325 g/mol. The zero-order valence-electron chi connectivity index (χ0n) is 13.7. The molecule has 1 aromatic carbocycles. The molecule has 0 aliphatic carbocycles.